The van der Waals surface area contributed by atoms with Crippen LogP contribution in [0.3, 0.4) is 0 Å². The summed E-state index contributed by atoms with van der Waals surface area (Å²) >= 11 is 0. The molecule has 3 nitrogen and oxygen atoms in total. The van der Waals surface area contributed by atoms with Crippen LogP contribution < -0.4 is 0 Å². The van der Waals surface area contributed by atoms with E-state index in [0.29, 0.717) is 13.0 Å². The average molecular weight is 273 g/mol. The van der Waals surface area contributed by atoms with Crippen LogP contribution in [0.1, 0.15) is 38.2 Å². The van der Waals surface area contributed by atoms with Gasteiger partial charge in [-0.3, -0.25) is 4.79 Å². The van der Waals surface area contributed by atoms with E-state index in [1.54, 1.807) is 0 Å². The van der Waals surface area contributed by atoms with Crippen LogP contribution in [0.2, 0.25) is 0 Å². The van der Waals surface area contributed by atoms with Crippen molar-refractivity contribution in [3.63, 3.8) is 0 Å². The first-order valence-corrected chi connectivity index (χ1v) is 7.40. The van der Waals surface area contributed by atoms with E-state index in [9.17, 15) is 4.79 Å². The first kappa shape index (κ1) is 14.8. The molecule has 3 heteroatoms. The Hall–Kier alpha value is -1.61. The average Bonchev–Trinajstić information content (AvgIpc) is 2.69. The van der Waals surface area contributed by atoms with Crippen molar-refractivity contribution in [3.8, 4) is 0 Å². The number of ether oxygens (including phenoxy) is 1. The Labute approximate surface area is 121 Å². The van der Waals surface area contributed by atoms with Crippen LogP contribution in [0.25, 0.3) is 6.08 Å². The highest BCUT2D eigenvalue weighted by Crippen LogP contribution is 2.14. The zero-order valence-corrected chi connectivity index (χ0v) is 12.1. The van der Waals surface area contributed by atoms with E-state index in [1.807, 2.05) is 42.2 Å². The topological polar surface area (TPSA) is 29.5 Å². The van der Waals surface area contributed by atoms with Crippen molar-refractivity contribution in [2.45, 2.75) is 38.8 Å². The summed E-state index contributed by atoms with van der Waals surface area (Å²) in [5.74, 6) is 0.224. The number of carbonyl (C=O) groups is 1. The van der Waals surface area contributed by atoms with Gasteiger partial charge >= 0.3 is 0 Å². The number of nitrogens with zero attached hydrogens (tertiary/aromatic N) is 1. The van der Waals surface area contributed by atoms with Gasteiger partial charge in [0, 0.05) is 13.0 Å². The van der Waals surface area contributed by atoms with Crippen LogP contribution in [0.5, 0.6) is 0 Å². The van der Waals surface area contributed by atoms with Gasteiger partial charge in [0.2, 0.25) is 5.91 Å². The monoisotopic (exact) mass is 273 g/mol. The van der Waals surface area contributed by atoms with Crippen LogP contribution in [0.4, 0.5) is 0 Å². The fourth-order valence-electron chi connectivity index (χ4n) is 2.42. The van der Waals surface area contributed by atoms with Crippen LogP contribution in [0.15, 0.2) is 36.4 Å². The van der Waals surface area contributed by atoms with Gasteiger partial charge in [0.1, 0.15) is 6.23 Å². The molecule has 1 saturated heterocycles. The number of benzene rings is 1. The lowest BCUT2D eigenvalue weighted by molar-refractivity contribution is -0.142. The number of amides is 1. The lowest BCUT2D eigenvalue weighted by Gasteiger charge is -2.27. The van der Waals surface area contributed by atoms with Crippen molar-refractivity contribution in [2.75, 3.05) is 13.2 Å². The van der Waals surface area contributed by atoms with Gasteiger partial charge in [0.05, 0.1) is 6.61 Å². The van der Waals surface area contributed by atoms with Crippen molar-refractivity contribution in [1.82, 2.24) is 4.90 Å². The Morgan fingerprint density at radius 1 is 1.25 bits per heavy atom. The molecule has 2 rings (SSSR count). The number of hydrogen-bond acceptors (Lipinski definition) is 2. The maximum absolute atomic E-state index is 11.9. The molecular formula is C17H23NO2. The van der Waals surface area contributed by atoms with Crippen LogP contribution >= 0.6 is 0 Å². The Bertz CT molecular complexity index is 442. The van der Waals surface area contributed by atoms with E-state index < -0.39 is 0 Å². The Kier molecular flexibility index (Phi) is 5.81. The molecule has 1 aromatic rings. The zero-order chi connectivity index (χ0) is 14.2. The molecule has 0 aromatic heterocycles. The minimum absolute atomic E-state index is 0.138. The largest absolute Gasteiger partial charge is 0.355 e. The first-order chi connectivity index (χ1) is 9.77. The van der Waals surface area contributed by atoms with E-state index >= 15 is 0 Å². The Morgan fingerprint density at radius 2 is 2.05 bits per heavy atom. The SMILES string of the molecule is CC(OCC=Cc1ccccc1)N1CCCCCC1=O. The highest BCUT2D eigenvalue weighted by Gasteiger charge is 2.21. The van der Waals surface area contributed by atoms with Crippen molar-refractivity contribution in [3.05, 3.63) is 42.0 Å². The smallest absolute Gasteiger partial charge is 0.224 e. The fourth-order valence-corrected chi connectivity index (χ4v) is 2.42. The summed E-state index contributed by atoms with van der Waals surface area (Å²) in [6.07, 6.45) is 7.79. The summed E-state index contributed by atoms with van der Waals surface area (Å²) in [4.78, 5) is 13.8. The summed E-state index contributed by atoms with van der Waals surface area (Å²) < 4.78 is 5.75. The second-order valence-corrected chi connectivity index (χ2v) is 5.14. The second kappa shape index (κ2) is 7.85. The number of carbonyl (C=O) groups excluding carboxylic acids is 1. The summed E-state index contributed by atoms with van der Waals surface area (Å²) in [5.41, 5.74) is 1.16. The third-order valence-corrected chi connectivity index (χ3v) is 3.59. The molecule has 0 saturated carbocycles. The lowest BCUT2D eigenvalue weighted by Crippen LogP contribution is -2.39. The van der Waals surface area contributed by atoms with Gasteiger partial charge in [-0.25, -0.2) is 0 Å². The molecule has 1 heterocycles. The molecule has 1 aliphatic heterocycles. The minimum atomic E-state index is -0.138. The Morgan fingerprint density at radius 3 is 2.85 bits per heavy atom. The van der Waals surface area contributed by atoms with Gasteiger partial charge in [-0.15, -0.1) is 0 Å². The number of likely N-dealkylation sites (tertiary alicyclic amines) is 1. The fraction of sp³-hybridized carbons (Fsp3) is 0.471. The molecule has 1 fully saturated rings. The van der Waals surface area contributed by atoms with E-state index in [-0.39, 0.29) is 12.1 Å². The van der Waals surface area contributed by atoms with Crippen molar-refractivity contribution < 1.29 is 9.53 Å². The van der Waals surface area contributed by atoms with E-state index in [4.69, 9.17) is 4.74 Å². The molecule has 1 aliphatic rings. The maximum Gasteiger partial charge on any atom is 0.224 e. The molecule has 1 atom stereocenters. The summed E-state index contributed by atoms with van der Waals surface area (Å²) in [6.45, 7) is 3.31. The van der Waals surface area contributed by atoms with E-state index in [0.717, 1.165) is 31.4 Å². The molecule has 0 bridgehead atoms. The first-order valence-electron chi connectivity index (χ1n) is 7.40. The van der Waals surface area contributed by atoms with Gasteiger partial charge in [0.15, 0.2) is 0 Å². The van der Waals surface area contributed by atoms with E-state index in [2.05, 4.69) is 12.1 Å². The molecule has 1 amide bonds. The predicted octanol–water partition coefficient (Wildman–Crippen LogP) is 3.47. The highest BCUT2D eigenvalue weighted by atomic mass is 16.5. The molecule has 1 unspecified atom stereocenters. The van der Waals surface area contributed by atoms with Crippen LogP contribution in [-0.2, 0) is 9.53 Å². The lowest BCUT2D eigenvalue weighted by atomic mass is 10.2. The van der Waals surface area contributed by atoms with Gasteiger partial charge in [-0.2, -0.15) is 0 Å². The van der Waals surface area contributed by atoms with Crippen molar-refractivity contribution in [1.29, 1.82) is 0 Å². The number of hydrogen-bond donors (Lipinski definition) is 0. The predicted molar refractivity (Wildman–Crippen MR) is 81.1 cm³/mol. The molecular weight excluding hydrogens is 250 g/mol. The normalized spacial score (nSPS) is 18.2. The summed E-state index contributed by atoms with van der Waals surface area (Å²) in [5, 5.41) is 0. The Balaban J connectivity index is 1.78. The molecule has 108 valence electrons. The molecule has 0 radical (unpaired) electrons. The van der Waals surface area contributed by atoms with E-state index in [1.165, 1.54) is 0 Å². The van der Waals surface area contributed by atoms with Gasteiger partial charge in [-0.1, -0.05) is 48.9 Å². The van der Waals surface area contributed by atoms with Crippen LogP contribution in [0, 0.1) is 0 Å². The zero-order valence-electron chi connectivity index (χ0n) is 12.1. The molecule has 0 aliphatic carbocycles. The third-order valence-electron chi connectivity index (χ3n) is 3.59. The quantitative estimate of drug-likeness (QED) is 0.822. The summed E-state index contributed by atoms with van der Waals surface area (Å²) in [6, 6.07) is 10.1. The molecule has 20 heavy (non-hydrogen) atoms. The van der Waals surface area contributed by atoms with Crippen molar-refractivity contribution in [2.24, 2.45) is 0 Å². The second-order valence-electron chi connectivity index (χ2n) is 5.14. The molecule has 0 N–H and O–H groups in total. The van der Waals surface area contributed by atoms with Crippen LogP contribution in [-0.4, -0.2) is 30.2 Å². The maximum atomic E-state index is 11.9. The van der Waals surface area contributed by atoms with Gasteiger partial charge < -0.3 is 9.64 Å². The minimum Gasteiger partial charge on any atom is -0.355 e. The van der Waals surface area contributed by atoms with Gasteiger partial charge in [-0.05, 0) is 25.3 Å². The highest BCUT2D eigenvalue weighted by molar-refractivity contribution is 5.76. The van der Waals surface area contributed by atoms with Gasteiger partial charge in [0.25, 0.3) is 0 Å². The third kappa shape index (κ3) is 4.49. The summed E-state index contributed by atoms with van der Waals surface area (Å²) in [7, 11) is 0. The molecule has 1 aromatic carbocycles. The molecule has 0 spiro atoms. The number of rotatable bonds is 5. The standard InChI is InChI=1S/C17H23NO2/c1-15(18-13-7-3-6-12-17(18)19)20-14-8-11-16-9-4-2-5-10-16/h2,4-5,8-11,15H,3,6-7,12-14H2,1H3. The van der Waals surface area contributed by atoms with Crippen molar-refractivity contribution >= 4 is 12.0 Å².